The van der Waals surface area contributed by atoms with Gasteiger partial charge in [0.1, 0.15) is 5.82 Å². The molecule has 0 amide bonds. The molecule has 2 aromatic rings. The molecule has 0 fully saturated rings. The second kappa shape index (κ2) is 6.83. The molecule has 3 heteroatoms. The fourth-order valence-electron chi connectivity index (χ4n) is 2.18. The molecule has 0 aliphatic carbocycles. The van der Waals surface area contributed by atoms with Crippen LogP contribution in [0.25, 0.3) is 0 Å². The van der Waals surface area contributed by atoms with E-state index in [0.29, 0.717) is 13.0 Å². The number of hydrogen-bond donors (Lipinski definition) is 1. The van der Waals surface area contributed by atoms with Gasteiger partial charge < -0.3 is 5.73 Å². The molecule has 2 N–H and O–H groups in total. The number of hydrogen-bond acceptors (Lipinski definition) is 1. The van der Waals surface area contributed by atoms with Gasteiger partial charge in [0.2, 0.25) is 0 Å². The maximum atomic E-state index is 13.8. The van der Waals surface area contributed by atoms with E-state index >= 15 is 0 Å². The number of nitrogens with two attached hydrogens (primary N) is 1. The van der Waals surface area contributed by atoms with Gasteiger partial charge in [0.25, 0.3) is 0 Å². The van der Waals surface area contributed by atoms with Crippen molar-refractivity contribution < 1.29 is 4.39 Å². The van der Waals surface area contributed by atoms with E-state index in [2.05, 4.69) is 28.1 Å². The summed E-state index contributed by atoms with van der Waals surface area (Å²) in [5.74, 6) is 0.0963. The Morgan fingerprint density at radius 3 is 2.42 bits per heavy atom. The van der Waals surface area contributed by atoms with Crippen LogP contribution in [0.3, 0.4) is 0 Å². The minimum absolute atomic E-state index is 0.166. The number of rotatable bonds is 5. The van der Waals surface area contributed by atoms with Crippen molar-refractivity contribution in [2.75, 3.05) is 6.54 Å². The van der Waals surface area contributed by atoms with Crippen molar-refractivity contribution in [3.05, 3.63) is 69.9 Å². The largest absolute Gasteiger partial charge is 0.330 e. The van der Waals surface area contributed by atoms with Gasteiger partial charge in [-0.15, -0.1) is 0 Å². The fourth-order valence-corrected chi connectivity index (χ4v) is 2.52. The summed E-state index contributed by atoms with van der Waals surface area (Å²) >= 11 is 3.27. The highest BCUT2D eigenvalue weighted by Gasteiger charge is 2.12. The van der Waals surface area contributed by atoms with E-state index in [1.165, 1.54) is 11.6 Å². The lowest BCUT2D eigenvalue weighted by atomic mass is 9.92. The minimum atomic E-state index is -0.166. The first-order chi connectivity index (χ1) is 9.19. The Kier molecular flexibility index (Phi) is 5.11. The van der Waals surface area contributed by atoms with Crippen LogP contribution in [0, 0.1) is 11.7 Å². The van der Waals surface area contributed by atoms with Gasteiger partial charge in [0.05, 0.1) is 0 Å². The summed E-state index contributed by atoms with van der Waals surface area (Å²) in [7, 11) is 0. The molecular formula is C16H17BrFN. The molecule has 0 spiro atoms. The standard InChI is InChI=1S/C16H17BrFN/c17-15-7-6-14(16(18)10-15)9-13(11-19)8-12-4-2-1-3-5-12/h1-7,10,13H,8-9,11,19H2. The third kappa shape index (κ3) is 4.15. The van der Waals surface area contributed by atoms with E-state index < -0.39 is 0 Å². The molecular weight excluding hydrogens is 305 g/mol. The monoisotopic (exact) mass is 321 g/mol. The molecule has 0 saturated carbocycles. The zero-order chi connectivity index (χ0) is 13.7. The Labute approximate surface area is 121 Å². The van der Waals surface area contributed by atoms with E-state index in [4.69, 9.17) is 5.73 Å². The van der Waals surface area contributed by atoms with Crippen molar-refractivity contribution in [2.45, 2.75) is 12.8 Å². The summed E-state index contributed by atoms with van der Waals surface area (Å²) in [4.78, 5) is 0. The summed E-state index contributed by atoms with van der Waals surface area (Å²) in [6, 6.07) is 15.4. The van der Waals surface area contributed by atoms with Crippen LogP contribution in [-0.4, -0.2) is 6.54 Å². The molecule has 0 radical (unpaired) electrons. The molecule has 19 heavy (non-hydrogen) atoms. The van der Waals surface area contributed by atoms with Crippen LogP contribution in [-0.2, 0) is 12.8 Å². The van der Waals surface area contributed by atoms with Crippen LogP contribution in [0.1, 0.15) is 11.1 Å². The topological polar surface area (TPSA) is 26.0 Å². The highest BCUT2D eigenvalue weighted by Crippen LogP contribution is 2.20. The Morgan fingerprint density at radius 2 is 1.79 bits per heavy atom. The second-order valence-corrected chi connectivity index (χ2v) is 5.65. The van der Waals surface area contributed by atoms with Gasteiger partial charge in [0, 0.05) is 4.47 Å². The van der Waals surface area contributed by atoms with E-state index in [-0.39, 0.29) is 11.7 Å². The average molecular weight is 322 g/mol. The van der Waals surface area contributed by atoms with Gasteiger partial charge in [-0.25, -0.2) is 4.39 Å². The zero-order valence-electron chi connectivity index (χ0n) is 10.7. The lowest BCUT2D eigenvalue weighted by molar-refractivity contribution is 0.511. The lowest BCUT2D eigenvalue weighted by Crippen LogP contribution is -2.19. The van der Waals surface area contributed by atoms with Gasteiger partial charge in [-0.05, 0) is 48.6 Å². The fraction of sp³-hybridized carbons (Fsp3) is 0.250. The van der Waals surface area contributed by atoms with Crippen molar-refractivity contribution in [3.8, 4) is 0 Å². The molecule has 0 aromatic heterocycles. The molecule has 0 heterocycles. The highest BCUT2D eigenvalue weighted by molar-refractivity contribution is 9.10. The molecule has 0 bridgehead atoms. The average Bonchev–Trinajstić information content (AvgIpc) is 2.42. The van der Waals surface area contributed by atoms with Crippen molar-refractivity contribution >= 4 is 15.9 Å². The first-order valence-electron chi connectivity index (χ1n) is 6.37. The molecule has 1 atom stereocenters. The van der Waals surface area contributed by atoms with Crippen LogP contribution in [0.2, 0.25) is 0 Å². The normalized spacial score (nSPS) is 12.4. The quantitative estimate of drug-likeness (QED) is 0.886. The predicted molar refractivity (Wildman–Crippen MR) is 80.5 cm³/mol. The van der Waals surface area contributed by atoms with Crippen LogP contribution in [0.15, 0.2) is 53.0 Å². The molecule has 0 saturated heterocycles. The maximum Gasteiger partial charge on any atom is 0.127 e. The van der Waals surface area contributed by atoms with Gasteiger partial charge in [-0.3, -0.25) is 0 Å². The smallest absolute Gasteiger partial charge is 0.127 e. The second-order valence-electron chi connectivity index (χ2n) is 4.73. The summed E-state index contributed by atoms with van der Waals surface area (Å²) in [6.07, 6.45) is 1.55. The first kappa shape index (κ1) is 14.2. The van der Waals surface area contributed by atoms with Crippen molar-refractivity contribution in [1.29, 1.82) is 0 Å². The van der Waals surface area contributed by atoms with Gasteiger partial charge in [0.15, 0.2) is 0 Å². The first-order valence-corrected chi connectivity index (χ1v) is 7.16. The number of halogens is 2. The van der Waals surface area contributed by atoms with Crippen LogP contribution >= 0.6 is 15.9 Å². The van der Waals surface area contributed by atoms with Crippen molar-refractivity contribution in [1.82, 2.24) is 0 Å². The van der Waals surface area contributed by atoms with E-state index in [0.717, 1.165) is 16.5 Å². The number of benzene rings is 2. The summed E-state index contributed by atoms with van der Waals surface area (Å²) in [5, 5.41) is 0. The zero-order valence-corrected chi connectivity index (χ0v) is 12.2. The molecule has 2 rings (SSSR count). The Morgan fingerprint density at radius 1 is 1.05 bits per heavy atom. The Hall–Kier alpha value is -1.19. The third-order valence-corrected chi connectivity index (χ3v) is 3.72. The summed E-state index contributed by atoms with van der Waals surface area (Å²) < 4.78 is 14.6. The van der Waals surface area contributed by atoms with Crippen LogP contribution in [0.5, 0.6) is 0 Å². The van der Waals surface area contributed by atoms with E-state index in [1.54, 1.807) is 0 Å². The van der Waals surface area contributed by atoms with Gasteiger partial charge in [-0.1, -0.05) is 52.3 Å². The Balaban J connectivity index is 2.06. The van der Waals surface area contributed by atoms with E-state index in [1.807, 2.05) is 30.3 Å². The van der Waals surface area contributed by atoms with Crippen molar-refractivity contribution in [2.24, 2.45) is 11.7 Å². The van der Waals surface area contributed by atoms with Crippen molar-refractivity contribution in [3.63, 3.8) is 0 Å². The van der Waals surface area contributed by atoms with Crippen LogP contribution < -0.4 is 5.73 Å². The molecule has 0 aliphatic rings. The molecule has 100 valence electrons. The SMILES string of the molecule is NCC(Cc1ccccc1)Cc1ccc(Br)cc1F. The Bertz CT molecular complexity index is 528. The third-order valence-electron chi connectivity index (χ3n) is 3.22. The van der Waals surface area contributed by atoms with Gasteiger partial charge >= 0.3 is 0 Å². The highest BCUT2D eigenvalue weighted by atomic mass is 79.9. The minimum Gasteiger partial charge on any atom is -0.330 e. The molecule has 1 unspecified atom stereocenters. The maximum absolute atomic E-state index is 13.8. The predicted octanol–water partition coefficient (Wildman–Crippen LogP) is 3.95. The molecule has 1 nitrogen and oxygen atoms in total. The van der Waals surface area contributed by atoms with Gasteiger partial charge in [-0.2, -0.15) is 0 Å². The summed E-state index contributed by atoms with van der Waals surface area (Å²) in [6.45, 7) is 0.560. The lowest BCUT2D eigenvalue weighted by Gasteiger charge is -2.15. The summed E-state index contributed by atoms with van der Waals surface area (Å²) in [5.41, 5.74) is 7.79. The van der Waals surface area contributed by atoms with Crippen LogP contribution in [0.4, 0.5) is 4.39 Å². The van der Waals surface area contributed by atoms with E-state index in [9.17, 15) is 4.39 Å². The molecule has 0 aliphatic heterocycles. The molecule has 2 aromatic carbocycles.